The molecule has 0 fully saturated rings. The Morgan fingerprint density at radius 3 is 2.41 bits per heavy atom. The van der Waals surface area contributed by atoms with Crippen molar-refractivity contribution < 1.29 is 14.6 Å². The average Bonchev–Trinajstić information content (AvgIpc) is 2.43. The number of fused-ring (bicyclic) bond motifs is 1. The third kappa shape index (κ3) is 4.21. The number of carbonyl (C=O) groups excluding carboxylic acids is 1. The second-order valence-corrected chi connectivity index (χ2v) is 6.49. The number of amides is 1. The van der Waals surface area contributed by atoms with Crippen molar-refractivity contribution in [1.29, 1.82) is 0 Å². The lowest BCUT2D eigenvalue weighted by atomic mass is 10.00. The Labute approximate surface area is 131 Å². The summed E-state index contributed by atoms with van der Waals surface area (Å²) in [4.78, 5) is 11.8. The van der Waals surface area contributed by atoms with Crippen LogP contribution in [0, 0.1) is 0 Å². The Morgan fingerprint density at radius 2 is 1.77 bits per heavy atom. The molecule has 0 radical (unpaired) electrons. The molecule has 2 atom stereocenters. The summed E-state index contributed by atoms with van der Waals surface area (Å²) in [5, 5.41) is 15.3. The molecule has 2 aromatic carbocycles. The fourth-order valence-electron chi connectivity index (χ4n) is 2.25. The van der Waals surface area contributed by atoms with E-state index < -0.39 is 23.8 Å². The van der Waals surface area contributed by atoms with E-state index in [0.29, 0.717) is 0 Å². The van der Waals surface area contributed by atoms with Crippen LogP contribution in [0.25, 0.3) is 10.8 Å². The van der Waals surface area contributed by atoms with Gasteiger partial charge in [-0.2, -0.15) is 0 Å². The standard InChI is InChI=1S/C18H23NO3/c1-12(19-17(21)22-18(2,3)4)16(20)15-10-9-13-7-5-6-8-14(13)11-15/h5-12,16,20H,1-4H3,(H,19,21)/t12-,16?/m0/s1. The van der Waals surface area contributed by atoms with E-state index in [1.807, 2.05) is 42.5 Å². The highest BCUT2D eigenvalue weighted by Crippen LogP contribution is 2.22. The predicted octanol–water partition coefficient (Wildman–Crippen LogP) is 3.79. The van der Waals surface area contributed by atoms with Crippen LogP contribution in [0.1, 0.15) is 39.4 Å². The Morgan fingerprint density at radius 1 is 1.14 bits per heavy atom. The molecular weight excluding hydrogens is 278 g/mol. The van der Waals surface area contributed by atoms with Crippen molar-refractivity contribution in [1.82, 2.24) is 5.32 Å². The first-order valence-corrected chi connectivity index (χ1v) is 7.42. The maximum atomic E-state index is 11.8. The van der Waals surface area contributed by atoms with Crippen LogP contribution in [0.3, 0.4) is 0 Å². The van der Waals surface area contributed by atoms with Gasteiger partial charge in [0.1, 0.15) is 5.60 Å². The number of rotatable bonds is 3. The van der Waals surface area contributed by atoms with E-state index in [2.05, 4.69) is 5.32 Å². The van der Waals surface area contributed by atoms with Crippen molar-refractivity contribution >= 4 is 16.9 Å². The summed E-state index contributed by atoms with van der Waals surface area (Å²) < 4.78 is 5.20. The first-order valence-electron chi connectivity index (χ1n) is 7.42. The van der Waals surface area contributed by atoms with Crippen molar-refractivity contribution in [3.05, 3.63) is 48.0 Å². The van der Waals surface area contributed by atoms with Gasteiger partial charge in [0.15, 0.2) is 0 Å². The SMILES string of the molecule is C[C@H](NC(=O)OC(C)(C)C)C(O)c1ccc2ccccc2c1. The maximum absolute atomic E-state index is 11.8. The van der Waals surface area contributed by atoms with E-state index in [9.17, 15) is 9.90 Å². The normalized spacial score (nSPS) is 14.4. The van der Waals surface area contributed by atoms with Gasteiger partial charge in [-0.15, -0.1) is 0 Å². The number of benzene rings is 2. The average molecular weight is 301 g/mol. The molecule has 0 aromatic heterocycles. The van der Waals surface area contributed by atoms with Crippen LogP contribution in [-0.4, -0.2) is 22.8 Å². The predicted molar refractivity (Wildman–Crippen MR) is 87.7 cm³/mol. The van der Waals surface area contributed by atoms with Crippen molar-refractivity contribution in [2.75, 3.05) is 0 Å². The Kier molecular flexibility index (Phi) is 4.71. The lowest BCUT2D eigenvalue weighted by molar-refractivity contribution is 0.0436. The van der Waals surface area contributed by atoms with Gasteiger partial charge in [-0.25, -0.2) is 4.79 Å². The quantitative estimate of drug-likeness (QED) is 0.907. The number of ether oxygens (including phenoxy) is 1. The van der Waals surface area contributed by atoms with Crippen LogP contribution < -0.4 is 5.32 Å². The molecule has 0 heterocycles. The van der Waals surface area contributed by atoms with Gasteiger partial charge in [-0.3, -0.25) is 0 Å². The molecule has 2 rings (SSSR count). The number of hydrogen-bond acceptors (Lipinski definition) is 3. The zero-order valence-corrected chi connectivity index (χ0v) is 13.5. The molecule has 0 aliphatic heterocycles. The van der Waals surface area contributed by atoms with Gasteiger partial charge in [0.05, 0.1) is 12.1 Å². The summed E-state index contributed by atoms with van der Waals surface area (Å²) in [6.07, 6.45) is -1.32. The molecule has 1 amide bonds. The van der Waals surface area contributed by atoms with Gasteiger partial charge in [-0.1, -0.05) is 36.4 Å². The number of aliphatic hydroxyl groups excluding tert-OH is 1. The van der Waals surface area contributed by atoms with E-state index in [1.165, 1.54) is 0 Å². The third-order valence-electron chi connectivity index (χ3n) is 3.33. The first-order chi connectivity index (χ1) is 10.3. The minimum absolute atomic E-state index is 0.448. The van der Waals surface area contributed by atoms with Crippen molar-refractivity contribution in [3.8, 4) is 0 Å². The third-order valence-corrected chi connectivity index (χ3v) is 3.33. The number of hydrogen-bond donors (Lipinski definition) is 2. The highest BCUT2D eigenvalue weighted by molar-refractivity contribution is 5.83. The molecule has 2 aromatic rings. The molecule has 0 saturated heterocycles. The molecule has 0 aliphatic rings. The molecule has 2 N–H and O–H groups in total. The second kappa shape index (κ2) is 6.36. The van der Waals surface area contributed by atoms with Gasteiger partial charge in [-0.05, 0) is 50.1 Å². The highest BCUT2D eigenvalue weighted by Gasteiger charge is 2.22. The van der Waals surface area contributed by atoms with Gasteiger partial charge >= 0.3 is 6.09 Å². The van der Waals surface area contributed by atoms with E-state index in [-0.39, 0.29) is 0 Å². The molecule has 1 unspecified atom stereocenters. The van der Waals surface area contributed by atoms with Gasteiger partial charge < -0.3 is 15.2 Å². The molecule has 0 aliphatic carbocycles. The Balaban J connectivity index is 2.08. The fraction of sp³-hybridized carbons (Fsp3) is 0.389. The van der Waals surface area contributed by atoms with Crippen LogP contribution in [-0.2, 0) is 4.74 Å². The molecule has 0 bridgehead atoms. The zero-order chi connectivity index (χ0) is 16.3. The fourth-order valence-corrected chi connectivity index (χ4v) is 2.25. The van der Waals surface area contributed by atoms with Crippen molar-refractivity contribution in [2.24, 2.45) is 0 Å². The number of alkyl carbamates (subject to hydrolysis) is 1. The topological polar surface area (TPSA) is 58.6 Å². The largest absolute Gasteiger partial charge is 0.444 e. The smallest absolute Gasteiger partial charge is 0.407 e. The zero-order valence-electron chi connectivity index (χ0n) is 13.5. The summed E-state index contributed by atoms with van der Waals surface area (Å²) >= 11 is 0. The van der Waals surface area contributed by atoms with Crippen LogP contribution in [0.2, 0.25) is 0 Å². The van der Waals surface area contributed by atoms with Crippen LogP contribution >= 0.6 is 0 Å². The number of carbonyl (C=O) groups is 1. The summed E-state index contributed by atoms with van der Waals surface area (Å²) in [6.45, 7) is 7.16. The molecule has 0 spiro atoms. The second-order valence-electron chi connectivity index (χ2n) is 6.49. The van der Waals surface area contributed by atoms with E-state index >= 15 is 0 Å². The summed E-state index contributed by atoms with van der Waals surface area (Å²) in [5.41, 5.74) is 0.208. The van der Waals surface area contributed by atoms with Crippen LogP contribution in [0.4, 0.5) is 4.79 Å². The van der Waals surface area contributed by atoms with Gasteiger partial charge in [0.25, 0.3) is 0 Å². The lowest BCUT2D eigenvalue weighted by Crippen LogP contribution is -2.40. The number of nitrogens with one attached hydrogen (secondary N) is 1. The molecule has 4 nitrogen and oxygen atoms in total. The van der Waals surface area contributed by atoms with E-state index in [1.54, 1.807) is 27.7 Å². The summed E-state index contributed by atoms with van der Waals surface area (Å²) in [5.74, 6) is 0. The van der Waals surface area contributed by atoms with E-state index in [0.717, 1.165) is 16.3 Å². The lowest BCUT2D eigenvalue weighted by Gasteiger charge is -2.24. The van der Waals surface area contributed by atoms with Crippen molar-refractivity contribution in [2.45, 2.75) is 45.4 Å². The van der Waals surface area contributed by atoms with Crippen LogP contribution in [0.15, 0.2) is 42.5 Å². The monoisotopic (exact) mass is 301 g/mol. The Hall–Kier alpha value is -2.07. The molecular formula is C18H23NO3. The number of aliphatic hydroxyl groups is 1. The van der Waals surface area contributed by atoms with Gasteiger partial charge in [0, 0.05) is 0 Å². The minimum Gasteiger partial charge on any atom is -0.444 e. The Bertz CT molecular complexity index is 661. The van der Waals surface area contributed by atoms with Crippen LogP contribution in [0.5, 0.6) is 0 Å². The molecule has 4 heteroatoms. The summed E-state index contributed by atoms with van der Waals surface area (Å²) in [6, 6.07) is 13.3. The molecule has 22 heavy (non-hydrogen) atoms. The van der Waals surface area contributed by atoms with Crippen molar-refractivity contribution in [3.63, 3.8) is 0 Å². The minimum atomic E-state index is -0.794. The maximum Gasteiger partial charge on any atom is 0.407 e. The first kappa shape index (κ1) is 16.3. The molecule has 118 valence electrons. The molecule has 0 saturated carbocycles. The van der Waals surface area contributed by atoms with Gasteiger partial charge in [0.2, 0.25) is 0 Å². The summed E-state index contributed by atoms with van der Waals surface area (Å²) in [7, 11) is 0. The highest BCUT2D eigenvalue weighted by atomic mass is 16.6. The van der Waals surface area contributed by atoms with E-state index in [4.69, 9.17) is 4.74 Å².